The Labute approximate surface area is 114 Å². The maximum absolute atomic E-state index is 11.8. The molecule has 0 unspecified atom stereocenters. The van der Waals surface area contributed by atoms with Crippen LogP contribution in [-0.2, 0) is 4.79 Å². The normalized spacial score (nSPS) is 26.1. The molecule has 2 atom stereocenters. The minimum Gasteiger partial charge on any atom is -0.357 e. The molecule has 102 valence electrons. The molecule has 0 radical (unpaired) electrons. The molecule has 2 aliphatic rings. The van der Waals surface area contributed by atoms with Crippen LogP contribution in [0, 0.1) is 11.8 Å². The van der Waals surface area contributed by atoms with Crippen LogP contribution >= 0.6 is 0 Å². The lowest BCUT2D eigenvalue weighted by Crippen LogP contribution is -2.30. The molecule has 19 heavy (non-hydrogen) atoms. The van der Waals surface area contributed by atoms with Crippen molar-refractivity contribution < 1.29 is 4.79 Å². The summed E-state index contributed by atoms with van der Waals surface area (Å²) >= 11 is 0. The third-order valence-corrected chi connectivity index (χ3v) is 4.14. The van der Waals surface area contributed by atoms with Crippen molar-refractivity contribution in [3.05, 3.63) is 18.3 Å². The van der Waals surface area contributed by atoms with E-state index >= 15 is 0 Å². The van der Waals surface area contributed by atoms with Crippen LogP contribution in [0.4, 0.5) is 11.5 Å². The van der Waals surface area contributed by atoms with Gasteiger partial charge < -0.3 is 10.2 Å². The van der Waals surface area contributed by atoms with Gasteiger partial charge in [-0.2, -0.15) is 0 Å². The summed E-state index contributed by atoms with van der Waals surface area (Å²) in [6, 6.07) is 3.97. The van der Waals surface area contributed by atoms with Gasteiger partial charge >= 0.3 is 0 Å². The minimum absolute atomic E-state index is 0.139. The summed E-state index contributed by atoms with van der Waals surface area (Å²) in [6.07, 6.45) is 6.61. The number of nitrogens with one attached hydrogen (secondary N) is 1. The van der Waals surface area contributed by atoms with E-state index in [1.165, 1.54) is 19.3 Å². The fraction of sp³-hybridized carbons (Fsp3) is 0.600. The Balaban J connectivity index is 1.60. The number of hydrogen-bond donors (Lipinski definition) is 1. The minimum atomic E-state index is 0.139. The van der Waals surface area contributed by atoms with Gasteiger partial charge in [-0.05, 0) is 43.7 Å². The molecule has 2 fully saturated rings. The van der Waals surface area contributed by atoms with E-state index in [9.17, 15) is 4.79 Å². The first kappa shape index (κ1) is 12.5. The van der Waals surface area contributed by atoms with Crippen LogP contribution in [0.1, 0.15) is 32.6 Å². The number of rotatable bonds is 3. The number of anilines is 2. The Bertz CT molecular complexity index is 451. The van der Waals surface area contributed by atoms with Crippen molar-refractivity contribution in [1.82, 2.24) is 4.98 Å². The number of nitrogens with zero attached hydrogens (tertiary/aromatic N) is 2. The highest BCUT2D eigenvalue weighted by molar-refractivity contribution is 5.94. The van der Waals surface area contributed by atoms with Crippen molar-refractivity contribution in [3.8, 4) is 0 Å². The Kier molecular flexibility index (Phi) is 3.40. The monoisotopic (exact) mass is 259 g/mol. The van der Waals surface area contributed by atoms with E-state index in [1.54, 1.807) is 6.20 Å². The highest BCUT2D eigenvalue weighted by atomic mass is 16.2. The summed E-state index contributed by atoms with van der Waals surface area (Å²) in [5, 5.41) is 2.94. The van der Waals surface area contributed by atoms with E-state index in [-0.39, 0.29) is 11.8 Å². The fourth-order valence-electron chi connectivity index (χ4n) is 2.69. The summed E-state index contributed by atoms with van der Waals surface area (Å²) in [5.41, 5.74) is 0.810. The molecule has 1 amide bonds. The fourth-order valence-corrected chi connectivity index (χ4v) is 2.69. The van der Waals surface area contributed by atoms with E-state index in [4.69, 9.17) is 0 Å². The summed E-state index contributed by atoms with van der Waals surface area (Å²) in [6.45, 7) is 4.30. The van der Waals surface area contributed by atoms with Crippen molar-refractivity contribution in [1.29, 1.82) is 0 Å². The topological polar surface area (TPSA) is 45.2 Å². The quantitative estimate of drug-likeness (QED) is 0.907. The lowest BCUT2D eigenvalue weighted by molar-refractivity contribution is -0.117. The smallest absolute Gasteiger partial charge is 0.227 e. The van der Waals surface area contributed by atoms with Gasteiger partial charge in [-0.25, -0.2) is 4.98 Å². The number of aromatic nitrogens is 1. The predicted octanol–water partition coefficient (Wildman–Crippen LogP) is 2.67. The molecule has 2 heterocycles. The zero-order valence-electron chi connectivity index (χ0n) is 11.4. The third kappa shape index (κ3) is 2.88. The molecule has 4 nitrogen and oxygen atoms in total. The van der Waals surface area contributed by atoms with Crippen LogP contribution in [0.15, 0.2) is 18.3 Å². The number of carbonyl (C=O) groups is 1. The van der Waals surface area contributed by atoms with Crippen molar-refractivity contribution in [2.45, 2.75) is 32.6 Å². The first-order valence-corrected chi connectivity index (χ1v) is 7.26. The number of amides is 1. The van der Waals surface area contributed by atoms with Gasteiger partial charge in [-0.15, -0.1) is 0 Å². The second kappa shape index (κ2) is 5.19. The average molecular weight is 259 g/mol. The number of hydrogen-bond acceptors (Lipinski definition) is 3. The molecular formula is C15H21N3O. The van der Waals surface area contributed by atoms with Crippen LogP contribution in [0.2, 0.25) is 0 Å². The van der Waals surface area contributed by atoms with Crippen LogP contribution in [0.3, 0.4) is 0 Å². The molecule has 0 bridgehead atoms. The lowest BCUT2D eigenvalue weighted by Gasteiger charge is -2.27. The van der Waals surface area contributed by atoms with Gasteiger partial charge in [-0.1, -0.05) is 6.92 Å². The molecule has 1 N–H and O–H groups in total. The Morgan fingerprint density at radius 1 is 1.32 bits per heavy atom. The van der Waals surface area contributed by atoms with Crippen LogP contribution in [-0.4, -0.2) is 24.0 Å². The standard InChI is InChI=1S/C15H21N3O/c1-11-9-13(11)15(19)17-12-5-6-14(16-10-12)18-7-3-2-4-8-18/h5-6,10-11,13H,2-4,7-9H2,1H3,(H,17,19)/t11-,13-/m0/s1. The van der Waals surface area contributed by atoms with Crippen molar-refractivity contribution in [2.75, 3.05) is 23.3 Å². The molecule has 1 aromatic rings. The van der Waals surface area contributed by atoms with Gasteiger partial charge in [0, 0.05) is 19.0 Å². The third-order valence-electron chi connectivity index (χ3n) is 4.14. The summed E-state index contributed by atoms with van der Waals surface area (Å²) in [5.74, 6) is 1.92. The molecular weight excluding hydrogens is 238 g/mol. The molecule has 1 aliphatic heterocycles. The second-order valence-electron chi connectivity index (χ2n) is 5.76. The Hall–Kier alpha value is -1.58. The highest BCUT2D eigenvalue weighted by Crippen LogP contribution is 2.38. The van der Waals surface area contributed by atoms with Gasteiger partial charge in [-0.3, -0.25) is 4.79 Å². The van der Waals surface area contributed by atoms with Gasteiger partial charge in [0.05, 0.1) is 11.9 Å². The first-order valence-electron chi connectivity index (χ1n) is 7.26. The van der Waals surface area contributed by atoms with Crippen LogP contribution < -0.4 is 10.2 Å². The van der Waals surface area contributed by atoms with Crippen LogP contribution in [0.25, 0.3) is 0 Å². The summed E-state index contributed by atoms with van der Waals surface area (Å²) in [4.78, 5) is 18.6. The molecule has 4 heteroatoms. The number of piperidine rings is 1. The van der Waals surface area contributed by atoms with Gasteiger partial charge in [0.1, 0.15) is 5.82 Å². The molecule has 1 aliphatic carbocycles. The summed E-state index contributed by atoms with van der Waals surface area (Å²) in [7, 11) is 0. The number of carbonyl (C=O) groups excluding carboxylic acids is 1. The Morgan fingerprint density at radius 3 is 2.63 bits per heavy atom. The average Bonchev–Trinajstić information content (AvgIpc) is 3.18. The van der Waals surface area contributed by atoms with E-state index in [0.29, 0.717) is 5.92 Å². The summed E-state index contributed by atoms with van der Waals surface area (Å²) < 4.78 is 0. The van der Waals surface area contributed by atoms with E-state index < -0.39 is 0 Å². The zero-order chi connectivity index (χ0) is 13.2. The molecule has 1 saturated carbocycles. The lowest BCUT2D eigenvalue weighted by atomic mass is 10.1. The van der Waals surface area contributed by atoms with Crippen molar-refractivity contribution in [2.24, 2.45) is 11.8 Å². The molecule has 0 aromatic carbocycles. The van der Waals surface area contributed by atoms with E-state index in [2.05, 4.69) is 22.1 Å². The van der Waals surface area contributed by atoms with Crippen molar-refractivity contribution >= 4 is 17.4 Å². The maximum atomic E-state index is 11.8. The molecule has 1 saturated heterocycles. The molecule has 1 aromatic heterocycles. The van der Waals surface area contributed by atoms with E-state index in [0.717, 1.165) is 31.0 Å². The van der Waals surface area contributed by atoms with Gasteiger partial charge in [0.2, 0.25) is 5.91 Å². The van der Waals surface area contributed by atoms with Crippen molar-refractivity contribution in [3.63, 3.8) is 0 Å². The van der Waals surface area contributed by atoms with Gasteiger partial charge in [0.25, 0.3) is 0 Å². The second-order valence-corrected chi connectivity index (χ2v) is 5.76. The highest BCUT2D eigenvalue weighted by Gasteiger charge is 2.39. The number of pyridine rings is 1. The predicted molar refractivity (Wildman–Crippen MR) is 76.2 cm³/mol. The Morgan fingerprint density at radius 2 is 2.05 bits per heavy atom. The SMILES string of the molecule is C[C@H]1C[C@@H]1C(=O)Nc1ccc(N2CCCCC2)nc1. The first-order chi connectivity index (χ1) is 9.24. The molecule has 3 rings (SSSR count). The maximum Gasteiger partial charge on any atom is 0.227 e. The van der Waals surface area contributed by atoms with E-state index in [1.807, 2.05) is 12.1 Å². The van der Waals surface area contributed by atoms with Crippen LogP contribution in [0.5, 0.6) is 0 Å². The largest absolute Gasteiger partial charge is 0.357 e. The molecule has 0 spiro atoms. The zero-order valence-corrected chi connectivity index (χ0v) is 11.4. The van der Waals surface area contributed by atoms with Gasteiger partial charge in [0.15, 0.2) is 0 Å².